The van der Waals surface area contributed by atoms with Gasteiger partial charge in [-0.15, -0.1) is 0 Å². The second-order valence-electron chi connectivity index (χ2n) is 6.38. The van der Waals surface area contributed by atoms with Crippen LogP contribution < -0.4 is 4.90 Å². The molecule has 3 aromatic rings. The predicted octanol–water partition coefficient (Wildman–Crippen LogP) is 2.56. The summed E-state index contributed by atoms with van der Waals surface area (Å²) >= 11 is 0. The third kappa shape index (κ3) is 2.99. The topological polar surface area (TPSA) is 37.2 Å². The molecular formula is C19H23N5. The van der Waals surface area contributed by atoms with Crippen molar-refractivity contribution >= 4 is 16.5 Å². The molecule has 1 saturated heterocycles. The van der Waals surface area contributed by atoms with Gasteiger partial charge >= 0.3 is 0 Å². The fourth-order valence-electron chi connectivity index (χ4n) is 3.45. The molecule has 0 bridgehead atoms. The van der Waals surface area contributed by atoms with Gasteiger partial charge in [-0.3, -0.25) is 9.88 Å². The van der Waals surface area contributed by atoms with Crippen molar-refractivity contribution in [3.8, 4) is 0 Å². The summed E-state index contributed by atoms with van der Waals surface area (Å²) in [5.74, 6) is 1.09. The molecule has 0 saturated carbocycles. The van der Waals surface area contributed by atoms with Crippen molar-refractivity contribution in [3.63, 3.8) is 0 Å². The molecule has 1 aliphatic heterocycles. The number of hydrogen-bond donors (Lipinski definition) is 0. The van der Waals surface area contributed by atoms with Gasteiger partial charge in [0.15, 0.2) is 0 Å². The largest absolute Gasteiger partial charge is 0.367 e. The third-order valence-corrected chi connectivity index (χ3v) is 4.94. The van der Waals surface area contributed by atoms with E-state index in [1.807, 2.05) is 18.6 Å². The number of imidazole rings is 1. The number of nitrogens with zero attached hydrogens (tertiary/aromatic N) is 5. The van der Waals surface area contributed by atoms with E-state index in [4.69, 9.17) is 0 Å². The van der Waals surface area contributed by atoms with Crippen molar-refractivity contribution in [2.45, 2.75) is 13.5 Å². The molecule has 0 amide bonds. The summed E-state index contributed by atoms with van der Waals surface area (Å²) in [6.07, 6.45) is 7.89. The van der Waals surface area contributed by atoms with Crippen molar-refractivity contribution in [1.82, 2.24) is 19.4 Å². The molecule has 5 nitrogen and oxygen atoms in total. The summed E-state index contributed by atoms with van der Waals surface area (Å²) in [5.41, 5.74) is 1.26. The number of piperazine rings is 1. The average molecular weight is 321 g/mol. The van der Waals surface area contributed by atoms with E-state index in [0.29, 0.717) is 0 Å². The van der Waals surface area contributed by atoms with Crippen LogP contribution in [0.5, 0.6) is 0 Å². The number of anilines is 1. The number of aromatic nitrogens is 3. The van der Waals surface area contributed by atoms with Gasteiger partial charge in [0.1, 0.15) is 5.82 Å². The van der Waals surface area contributed by atoms with E-state index < -0.39 is 0 Å². The molecule has 3 heterocycles. The van der Waals surface area contributed by atoms with Gasteiger partial charge in [0, 0.05) is 68.6 Å². The van der Waals surface area contributed by atoms with Gasteiger partial charge in [0.05, 0.1) is 11.9 Å². The first-order valence-electron chi connectivity index (χ1n) is 8.59. The van der Waals surface area contributed by atoms with Crippen LogP contribution in [-0.4, -0.2) is 52.2 Å². The summed E-state index contributed by atoms with van der Waals surface area (Å²) in [6.45, 7) is 8.46. The van der Waals surface area contributed by atoms with E-state index >= 15 is 0 Å². The van der Waals surface area contributed by atoms with E-state index in [0.717, 1.165) is 45.1 Å². The molecule has 0 aliphatic carbocycles. The van der Waals surface area contributed by atoms with Crippen LogP contribution in [0.15, 0.2) is 49.1 Å². The lowest BCUT2D eigenvalue weighted by Gasteiger charge is -2.36. The van der Waals surface area contributed by atoms with Crippen LogP contribution >= 0.6 is 0 Å². The van der Waals surface area contributed by atoms with E-state index in [2.05, 4.69) is 61.7 Å². The fraction of sp³-hybridized carbons (Fsp3) is 0.368. The average Bonchev–Trinajstić information content (AvgIpc) is 3.05. The first kappa shape index (κ1) is 15.1. The van der Waals surface area contributed by atoms with Crippen molar-refractivity contribution in [2.24, 2.45) is 0 Å². The number of pyridine rings is 1. The van der Waals surface area contributed by atoms with E-state index in [-0.39, 0.29) is 0 Å². The molecule has 1 fully saturated rings. The van der Waals surface area contributed by atoms with Crippen molar-refractivity contribution < 1.29 is 0 Å². The SMILES string of the molecule is Cc1nccn1CCN1CCN(c2cncc3ccccc23)CC1. The quantitative estimate of drug-likeness (QED) is 0.740. The summed E-state index contributed by atoms with van der Waals surface area (Å²) in [4.78, 5) is 13.7. The Morgan fingerprint density at radius 2 is 1.83 bits per heavy atom. The van der Waals surface area contributed by atoms with Crippen molar-refractivity contribution in [1.29, 1.82) is 0 Å². The minimum atomic E-state index is 1.02. The van der Waals surface area contributed by atoms with Crippen LogP contribution in [-0.2, 0) is 6.54 Å². The van der Waals surface area contributed by atoms with Gasteiger partial charge < -0.3 is 9.47 Å². The lowest BCUT2D eigenvalue weighted by atomic mass is 10.1. The lowest BCUT2D eigenvalue weighted by molar-refractivity contribution is 0.247. The van der Waals surface area contributed by atoms with Crippen molar-refractivity contribution in [2.75, 3.05) is 37.6 Å². The first-order valence-corrected chi connectivity index (χ1v) is 8.59. The Morgan fingerprint density at radius 1 is 1.00 bits per heavy atom. The van der Waals surface area contributed by atoms with E-state index in [1.165, 1.54) is 16.5 Å². The van der Waals surface area contributed by atoms with Crippen LogP contribution in [0.25, 0.3) is 10.8 Å². The molecule has 1 aromatic carbocycles. The molecule has 0 radical (unpaired) electrons. The molecule has 5 heteroatoms. The highest BCUT2D eigenvalue weighted by Gasteiger charge is 2.18. The monoisotopic (exact) mass is 321 g/mol. The van der Waals surface area contributed by atoms with Crippen LogP contribution in [0.4, 0.5) is 5.69 Å². The molecule has 0 atom stereocenters. The Hall–Kier alpha value is -2.40. The molecule has 0 unspecified atom stereocenters. The third-order valence-electron chi connectivity index (χ3n) is 4.94. The molecular weight excluding hydrogens is 298 g/mol. The Kier molecular flexibility index (Phi) is 4.17. The van der Waals surface area contributed by atoms with Crippen LogP contribution in [0.2, 0.25) is 0 Å². The molecule has 24 heavy (non-hydrogen) atoms. The number of rotatable bonds is 4. The molecule has 0 spiro atoms. The van der Waals surface area contributed by atoms with Gasteiger partial charge in [-0.05, 0) is 6.92 Å². The van der Waals surface area contributed by atoms with Crippen LogP contribution in [0.3, 0.4) is 0 Å². The fourth-order valence-corrected chi connectivity index (χ4v) is 3.45. The Morgan fingerprint density at radius 3 is 2.62 bits per heavy atom. The normalized spacial score (nSPS) is 16.0. The summed E-state index contributed by atoms with van der Waals surface area (Å²) in [7, 11) is 0. The number of fused-ring (bicyclic) bond motifs is 1. The number of aryl methyl sites for hydroxylation is 1. The van der Waals surface area contributed by atoms with Gasteiger partial charge in [-0.2, -0.15) is 0 Å². The Bertz CT molecular complexity index is 812. The summed E-state index contributed by atoms with van der Waals surface area (Å²) in [6, 6.07) is 8.51. The van der Waals surface area contributed by atoms with Gasteiger partial charge in [0.25, 0.3) is 0 Å². The molecule has 1 aliphatic rings. The van der Waals surface area contributed by atoms with Crippen LogP contribution in [0, 0.1) is 6.92 Å². The summed E-state index contributed by atoms with van der Waals surface area (Å²) < 4.78 is 2.22. The predicted molar refractivity (Wildman–Crippen MR) is 97.4 cm³/mol. The molecule has 0 N–H and O–H groups in total. The van der Waals surface area contributed by atoms with E-state index in [1.54, 1.807) is 0 Å². The second-order valence-corrected chi connectivity index (χ2v) is 6.38. The molecule has 4 rings (SSSR count). The number of hydrogen-bond acceptors (Lipinski definition) is 4. The standard InChI is InChI=1S/C19H23N5/c1-16-21-6-7-23(16)11-8-22-9-12-24(13-10-22)19-15-20-14-17-4-2-3-5-18(17)19/h2-7,14-15H,8-13H2,1H3. The maximum Gasteiger partial charge on any atom is 0.105 e. The maximum atomic E-state index is 4.42. The zero-order valence-corrected chi connectivity index (χ0v) is 14.1. The van der Waals surface area contributed by atoms with E-state index in [9.17, 15) is 0 Å². The zero-order valence-electron chi connectivity index (χ0n) is 14.1. The lowest BCUT2D eigenvalue weighted by Crippen LogP contribution is -2.47. The minimum Gasteiger partial charge on any atom is -0.367 e. The molecule has 124 valence electrons. The highest BCUT2D eigenvalue weighted by Crippen LogP contribution is 2.26. The zero-order chi connectivity index (χ0) is 16.4. The minimum absolute atomic E-state index is 1.02. The maximum absolute atomic E-state index is 4.42. The first-order chi connectivity index (χ1) is 11.8. The van der Waals surface area contributed by atoms with Gasteiger partial charge in [-0.25, -0.2) is 4.98 Å². The Balaban J connectivity index is 1.40. The van der Waals surface area contributed by atoms with Crippen LogP contribution in [0.1, 0.15) is 5.82 Å². The molecule has 2 aromatic heterocycles. The van der Waals surface area contributed by atoms with Crippen molar-refractivity contribution in [3.05, 3.63) is 54.9 Å². The van der Waals surface area contributed by atoms with Gasteiger partial charge in [-0.1, -0.05) is 24.3 Å². The smallest absolute Gasteiger partial charge is 0.105 e. The summed E-state index contributed by atoms with van der Waals surface area (Å²) in [5, 5.41) is 2.52. The second kappa shape index (κ2) is 6.61. The Labute approximate surface area is 142 Å². The van der Waals surface area contributed by atoms with Gasteiger partial charge in [0.2, 0.25) is 0 Å². The highest BCUT2D eigenvalue weighted by molar-refractivity contribution is 5.93. The highest BCUT2D eigenvalue weighted by atomic mass is 15.3. The number of benzene rings is 1.